The molecular formula is C16H17F2NO. The fraction of sp³-hybridized carbons (Fsp3) is 0.250. The molecule has 4 heteroatoms. The molecule has 0 aliphatic carbocycles. The second kappa shape index (κ2) is 6.11. The van der Waals surface area contributed by atoms with Crippen LogP contribution in [-0.4, -0.2) is 17.8 Å². The maximum Gasteiger partial charge on any atom is 0.123 e. The number of benzene rings is 2. The summed E-state index contributed by atoms with van der Waals surface area (Å²) in [6, 6.07) is 10.3. The predicted molar refractivity (Wildman–Crippen MR) is 74.4 cm³/mol. The maximum absolute atomic E-state index is 13.2. The third-order valence-electron chi connectivity index (χ3n) is 3.42. The van der Waals surface area contributed by atoms with Crippen molar-refractivity contribution < 1.29 is 13.9 Å². The smallest absolute Gasteiger partial charge is 0.123 e. The van der Waals surface area contributed by atoms with E-state index in [2.05, 4.69) is 0 Å². The summed E-state index contributed by atoms with van der Waals surface area (Å²) in [6.45, 7) is 1.84. The molecule has 106 valence electrons. The number of halogens is 2. The fourth-order valence-electron chi connectivity index (χ4n) is 2.40. The number of aryl methyl sites for hydroxylation is 1. The van der Waals surface area contributed by atoms with Gasteiger partial charge in [-0.15, -0.1) is 0 Å². The van der Waals surface area contributed by atoms with Crippen LogP contribution in [0.4, 0.5) is 8.78 Å². The Morgan fingerprint density at radius 2 is 1.65 bits per heavy atom. The zero-order chi connectivity index (χ0) is 14.7. The molecule has 0 fully saturated rings. The van der Waals surface area contributed by atoms with Crippen LogP contribution in [0.1, 0.15) is 22.6 Å². The molecule has 0 bridgehead atoms. The minimum Gasteiger partial charge on any atom is -0.391 e. The lowest BCUT2D eigenvalue weighted by Crippen LogP contribution is -2.28. The number of aliphatic hydroxyl groups excluding tert-OH is 1. The van der Waals surface area contributed by atoms with Crippen LogP contribution in [0.25, 0.3) is 0 Å². The van der Waals surface area contributed by atoms with Crippen LogP contribution in [0, 0.1) is 18.6 Å². The third-order valence-corrected chi connectivity index (χ3v) is 3.42. The number of nitrogens with two attached hydrogens (primary N) is 1. The van der Waals surface area contributed by atoms with Crippen molar-refractivity contribution in [3.05, 3.63) is 70.8 Å². The number of aliphatic hydroxyl groups is 1. The lowest BCUT2D eigenvalue weighted by Gasteiger charge is -2.24. The Morgan fingerprint density at radius 3 is 2.20 bits per heavy atom. The Bertz CT molecular complexity index is 584. The molecule has 0 aliphatic heterocycles. The first-order chi connectivity index (χ1) is 9.52. The van der Waals surface area contributed by atoms with Crippen LogP contribution in [0.2, 0.25) is 0 Å². The summed E-state index contributed by atoms with van der Waals surface area (Å²) >= 11 is 0. The molecule has 0 aromatic heterocycles. The number of hydrogen-bond acceptors (Lipinski definition) is 2. The summed E-state index contributed by atoms with van der Waals surface area (Å²) < 4.78 is 26.2. The first-order valence-corrected chi connectivity index (χ1v) is 6.42. The van der Waals surface area contributed by atoms with Gasteiger partial charge in [0.25, 0.3) is 0 Å². The third kappa shape index (κ3) is 3.03. The molecule has 0 aliphatic rings. The molecule has 20 heavy (non-hydrogen) atoms. The summed E-state index contributed by atoms with van der Waals surface area (Å²) in [4.78, 5) is 0. The maximum atomic E-state index is 13.2. The van der Waals surface area contributed by atoms with Gasteiger partial charge in [0.05, 0.1) is 6.10 Å². The quantitative estimate of drug-likeness (QED) is 0.902. The standard InChI is InChI=1S/C16H17F2NO/c1-10-8-13(18)6-7-14(10)16(15(20)9-19)11-2-4-12(17)5-3-11/h2-8,15-16,20H,9,19H2,1H3/t15-,16-/m0/s1. The van der Waals surface area contributed by atoms with Gasteiger partial charge in [0.15, 0.2) is 0 Å². The molecule has 0 amide bonds. The molecule has 0 saturated heterocycles. The molecule has 0 saturated carbocycles. The minimum atomic E-state index is -0.815. The van der Waals surface area contributed by atoms with E-state index in [0.29, 0.717) is 0 Å². The molecular weight excluding hydrogens is 260 g/mol. The number of rotatable bonds is 4. The molecule has 3 N–H and O–H groups in total. The van der Waals surface area contributed by atoms with Crippen LogP contribution in [0.15, 0.2) is 42.5 Å². The van der Waals surface area contributed by atoms with Crippen LogP contribution >= 0.6 is 0 Å². The zero-order valence-corrected chi connectivity index (χ0v) is 11.2. The second-order valence-electron chi connectivity index (χ2n) is 4.83. The average molecular weight is 277 g/mol. The van der Waals surface area contributed by atoms with Crippen LogP contribution in [0.5, 0.6) is 0 Å². The van der Waals surface area contributed by atoms with Crippen molar-refractivity contribution in [1.82, 2.24) is 0 Å². The zero-order valence-electron chi connectivity index (χ0n) is 11.2. The highest BCUT2D eigenvalue weighted by atomic mass is 19.1. The molecule has 2 aromatic carbocycles. The molecule has 2 atom stereocenters. The van der Waals surface area contributed by atoms with E-state index in [1.807, 2.05) is 0 Å². The predicted octanol–water partition coefficient (Wildman–Crippen LogP) is 2.72. The number of hydrogen-bond donors (Lipinski definition) is 2. The van der Waals surface area contributed by atoms with E-state index in [9.17, 15) is 13.9 Å². The van der Waals surface area contributed by atoms with Gasteiger partial charge >= 0.3 is 0 Å². The Morgan fingerprint density at radius 1 is 1.05 bits per heavy atom. The Kier molecular flexibility index (Phi) is 4.47. The highest BCUT2D eigenvalue weighted by molar-refractivity contribution is 5.39. The van der Waals surface area contributed by atoms with Crippen molar-refractivity contribution in [2.75, 3.05) is 6.54 Å². The summed E-state index contributed by atoms with van der Waals surface area (Å²) in [7, 11) is 0. The Hall–Kier alpha value is -1.78. The summed E-state index contributed by atoms with van der Waals surface area (Å²) in [5.41, 5.74) is 7.82. The van der Waals surface area contributed by atoms with Gasteiger partial charge in [0.2, 0.25) is 0 Å². The second-order valence-corrected chi connectivity index (χ2v) is 4.83. The molecule has 0 heterocycles. The topological polar surface area (TPSA) is 46.2 Å². The molecule has 0 radical (unpaired) electrons. The highest BCUT2D eigenvalue weighted by Gasteiger charge is 2.23. The Labute approximate surface area is 116 Å². The summed E-state index contributed by atoms with van der Waals surface area (Å²) in [6.07, 6.45) is -0.815. The van der Waals surface area contributed by atoms with Crippen LogP contribution in [-0.2, 0) is 0 Å². The van der Waals surface area contributed by atoms with Crippen molar-refractivity contribution in [2.24, 2.45) is 5.73 Å². The molecule has 0 unspecified atom stereocenters. The van der Waals surface area contributed by atoms with Crippen LogP contribution in [0.3, 0.4) is 0 Å². The van der Waals surface area contributed by atoms with Crippen molar-refractivity contribution in [3.8, 4) is 0 Å². The lowest BCUT2D eigenvalue weighted by atomic mass is 9.84. The van der Waals surface area contributed by atoms with E-state index in [1.165, 1.54) is 24.3 Å². The monoisotopic (exact) mass is 277 g/mol. The average Bonchev–Trinajstić information content (AvgIpc) is 2.43. The van der Waals surface area contributed by atoms with Gasteiger partial charge in [-0.05, 0) is 47.9 Å². The van der Waals surface area contributed by atoms with Crippen LogP contribution < -0.4 is 5.73 Å². The van der Waals surface area contributed by atoms with E-state index in [0.717, 1.165) is 16.7 Å². The van der Waals surface area contributed by atoms with Gasteiger partial charge in [0, 0.05) is 12.5 Å². The summed E-state index contributed by atoms with van der Waals surface area (Å²) in [5.74, 6) is -1.07. The van der Waals surface area contributed by atoms with E-state index >= 15 is 0 Å². The van der Waals surface area contributed by atoms with Gasteiger partial charge in [-0.1, -0.05) is 18.2 Å². The molecule has 2 aromatic rings. The van der Waals surface area contributed by atoms with Gasteiger partial charge in [-0.2, -0.15) is 0 Å². The van der Waals surface area contributed by atoms with Crippen molar-refractivity contribution in [1.29, 1.82) is 0 Å². The normalized spacial score (nSPS) is 14.1. The molecule has 2 rings (SSSR count). The Balaban J connectivity index is 2.49. The minimum absolute atomic E-state index is 0.0683. The van der Waals surface area contributed by atoms with E-state index in [-0.39, 0.29) is 18.2 Å². The fourth-order valence-corrected chi connectivity index (χ4v) is 2.40. The van der Waals surface area contributed by atoms with E-state index in [4.69, 9.17) is 5.73 Å². The van der Waals surface area contributed by atoms with Crippen molar-refractivity contribution in [2.45, 2.75) is 18.9 Å². The van der Waals surface area contributed by atoms with Crippen molar-refractivity contribution in [3.63, 3.8) is 0 Å². The molecule has 2 nitrogen and oxygen atoms in total. The van der Waals surface area contributed by atoms with Gasteiger partial charge in [-0.3, -0.25) is 0 Å². The first kappa shape index (κ1) is 14.6. The first-order valence-electron chi connectivity index (χ1n) is 6.42. The van der Waals surface area contributed by atoms with E-state index in [1.54, 1.807) is 25.1 Å². The van der Waals surface area contributed by atoms with Gasteiger partial charge < -0.3 is 10.8 Å². The highest BCUT2D eigenvalue weighted by Crippen LogP contribution is 2.30. The van der Waals surface area contributed by atoms with Gasteiger partial charge in [0.1, 0.15) is 11.6 Å². The van der Waals surface area contributed by atoms with E-state index < -0.39 is 12.0 Å². The largest absolute Gasteiger partial charge is 0.391 e. The van der Waals surface area contributed by atoms with Gasteiger partial charge in [-0.25, -0.2) is 8.78 Å². The van der Waals surface area contributed by atoms with Crippen molar-refractivity contribution >= 4 is 0 Å². The SMILES string of the molecule is Cc1cc(F)ccc1[C@H](c1ccc(F)cc1)[C@@H](O)CN. The lowest BCUT2D eigenvalue weighted by molar-refractivity contribution is 0.164. The summed E-state index contributed by atoms with van der Waals surface area (Å²) in [5, 5.41) is 10.2. The molecule has 0 spiro atoms.